The number of ether oxygens (including phenoxy) is 3. The zero-order chi connectivity index (χ0) is 34.5. The van der Waals surface area contributed by atoms with Gasteiger partial charge in [-0.2, -0.15) is 0 Å². The number of hydrogen-bond donors (Lipinski definition) is 2. The Bertz CT molecular complexity index is 1520. The molecule has 254 valence electrons. The number of aliphatic carboxylic acids is 1. The van der Waals surface area contributed by atoms with Crippen molar-refractivity contribution in [3.05, 3.63) is 103 Å². The summed E-state index contributed by atoms with van der Waals surface area (Å²) in [5.41, 5.74) is 29.3. The lowest BCUT2D eigenvalue weighted by molar-refractivity contribution is -0.257. The highest BCUT2D eigenvalue weighted by molar-refractivity contribution is 5.68. The van der Waals surface area contributed by atoms with Gasteiger partial charge in [0.1, 0.15) is 6.61 Å². The smallest absolute Gasteiger partial charge is 0.410 e. The molecule has 17 nitrogen and oxygen atoms in total. The van der Waals surface area contributed by atoms with Crippen LogP contribution in [0.25, 0.3) is 31.3 Å². The van der Waals surface area contributed by atoms with Crippen LogP contribution in [0.1, 0.15) is 50.2 Å². The molecule has 1 aliphatic heterocycles. The van der Waals surface area contributed by atoms with E-state index in [4.69, 9.17) is 19.7 Å². The molecule has 2 aliphatic rings. The normalized spacial score (nSPS) is 27.2. The lowest BCUT2D eigenvalue weighted by Crippen LogP contribution is -2.57. The predicted molar refractivity (Wildman–Crippen MR) is 171 cm³/mol. The van der Waals surface area contributed by atoms with Crippen molar-refractivity contribution in [2.45, 2.75) is 101 Å². The first-order valence-corrected chi connectivity index (χ1v) is 15.6. The van der Waals surface area contributed by atoms with Crippen LogP contribution in [0.15, 0.2) is 76.0 Å². The van der Waals surface area contributed by atoms with E-state index in [-0.39, 0.29) is 19.6 Å². The first-order valence-electron chi connectivity index (χ1n) is 15.6. The van der Waals surface area contributed by atoms with E-state index in [1.54, 1.807) is 4.90 Å². The van der Waals surface area contributed by atoms with Gasteiger partial charge in [0, 0.05) is 33.2 Å². The fourth-order valence-electron chi connectivity index (χ4n) is 6.39. The maximum absolute atomic E-state index is 13.7. The molecule has 0 spiro atoms. The topological polar surface area (TPSA) is 252 Å². The molecule has 17 heteroatoms. The zero-order valence-corrected chi connectivity index (χ0v) is 26.3. The van der Waals surface area contributed by atoms with Crippen molar-refractivity contribution in [3.8, 4) is 0 Å². The molecule has 2 N–H and O–H groups in total. The largest absolute Gasteiger partial charge is 0.481 e. The molecule has 0 radical (unpaired) electrons. The third-order valence-electron chi connectivity index (χ3n) is 8.69. The van der Waals surface area contributed by atoms with E-state index in [2.05, 4.69) is 30.1 Å². The van der Waals surface area contributed by atoms with Crippen molar-refractivity contribution in [1.29, 1.82) is 0 Å². The van der Waals surface area contributed by atoms with Crippen molar-refractivity contribution in [2.24, 2.45) is 21.3 Å². The first-order chi connectivity index (χ1) is 23.3. The van der Waals surface area contributed by atoms with E-state index in [0.717, 1.165) is 11.1 Å². The summed E-state index contributed by atoms with van der Waals surface area (Å²) in [6.07, 6.45) is -4.78. The van der Waals surface area contributed by atoms with Crippen LogP contribution in [0.5, 0.6) is 0 Å². The van der Waals surface area contributed by atoms with Gasteiger partial charge in [-0.05, 0) is 53.4 Å². The molecule has 2 aromatic carbocycles. The van der Waals surface area contributed by atoms with Crippen molar-refractivity contribution >= 4 is 12.1 Å². The molecule has 1 saturated carbocycles. The lowest BCUT2D eigenvalue weighted by atomic mass is 9.76. The molecule has 1 aliphatic carbocycles. The minimum absolute atomic E-state index is 0.0618. The number of azide groups is 3. The van der Waals surface area contributed by atoms with Crippen molar-refractivity contribution in [3.63, 3.8) is 0 Å². The SMILES string of the molecule is CCC(C1CC[C@@H](N=[N+]=[N-])[C@@H](O[C@H]2[C@@H](O)[C@@H](CC(=O)O)[C@H](N=[N+]=[N-])C[C@@H]2N=[N+]=[N-])O1)N(Cc1ccccc1)C(=O)OCc1ccccc1. The van der Waals surface area contributed by atoms with Crippen molar-refractivity contribution in [2.75, 3.05) is 0 Å². The Labute approximate surface area is 276 Å². The van der Waals surface area contributed by atoms with Gasteiger partial charge in [0.25, 0.3) is 0 Å². The number of rotatable bonds is 14. The quantitative estimate of drug-likeness (QED) is 0.131. The maximum Gasteiger partial charge on any atom is 0.410 e. The summed E-state index contributed by atoms with van der Waals surface area (Å²) in [7, 11) is 0. The Morgan fingerprint density at radius 1 is 0.938 bits per heavy atom. The Balaban J connectivity index is 1.61. The van der Waals surface area contributed by atoms with E-state index >= 15 is 0 Å². The van der Waals surface area contributed by atoms with Crippen LogP contribution >= 0.6 is 0 Å². The van der Waals surface area contributed by atoms with Gasteiger partial charge in [-0.25, -0.2) is 4.79 Å². The monoisotopic (exact) mass is 662 g/mol. The third kappa shape index (κ3) is 9.29. The molecule has 0 aromatic heterocycles. The van der Waals surface area contributed by atoms with Gasteiger partial charge in [-0.3, -0.25) is 9.69 Å². The van der Waals surface area contributed by atoms with Gasteiger partial charge in [0.05, 0.1) is 42.9 Å². The predicted octanol–water partition coefficient (Wildman–Crippen LogP) is 6.39. The number of nitrogens with zero attached hydrogens (tertiary/aromatic N) is 10. The van der Waals surface area contributed by atoms with Gasteiger partial charge < -0.3 is 24.4 Å². The summed E-state index contributed by atoms with van der Waals surface area (Å²) in [6.45, 7) is 2.18. The van der Waals surface area contributed by atoms with Crippen LogP contribution < -0.4 is 0 Å². The number of aliphatic hydroxyl groups is 1. The maximum atomic E-state index is 13.7. The molecule has 48 heavy (non-hydrogen) atoms. The molecular formula is C31H38N10O7. The summed E-state index contributed by atoms with van der Waals surface area (Å²) in [4.78, 5) is 35.5. The molecule has 1 saturated heterocycles. The van der Waals surface area contributed by atoms with Gasteiger partial charge in [0.15, 0.2) is 6.29 Å². The molecule has 9 atom stereocenters. The summed E-state index contributed by atoms with van der Waals surface area (Å²) < 4.78 is 18.4. The first kappa shape index (κ1) is 35.8. The minimum atomic E-state index is -1.54. The molecule has 0 bridgehead atoms. The Morgan fingerprint density at radius 2 is 1.54 bits per heavy atom. The van der Waals surface area contributed by atoms with Gasteiger partial charge >= 0.3 is 12.1 Å². The molecule has 2 unspecified atom stereocenters. The molecule has 2 aromatic rings. The fourth-order valence-corrected chi connectivity index (χ4v) is 6.39. The highest BCUT2D eigenvalue weighted by atomic mass is 16.7. The van der Waals surface area contributed by atoms with Crippen LogP contribution in [0.2, 0.25) is 0 Å². The zero-order valence-electron chi connectivity index (χ0n) is 26.3. The van der Waals surface area contributed by atoms with Gasteiger partial charge in [0.2, 0.25) is 0 Å². The molecular weight excluding hydrogens is 624 g/mol. The van der Waals surface area contributed by atoms with Crippen LogP contribution in [-0.2, 0) is 32.2 Å². The highest BCUT2D eigenvalue weighted by Crippen LogP contribution is 2.37. The summed E-state index contributed by atoms with van der Waals surface area (Å²) in [6, 6.07) is 15.3. The van der Waals surface area contributed by atoms with E-state index in [9.17, 15) is 30.9 Å². The van der Waals surface area contributed by atoms with Crippen molar-refractivity contribution < 1.29 is 34.0 Å². The summed E-state index contributed by atoms with van der Waals surface area (Å²) >= 11 is 0. The number of aliphatic hydroxyl groups excluding tert-OH is 1. The number of carboxylic acids is 1. The Morgan fingerprint density at radius 3 is 2.15 bits per heavy atom. The van der Waals surface area contributed by atoms with Crippen LogP contribution in [0.3, 0.4) is 0 Å². The van der Waals surface area contributed by atoms with Crippen LogP contribution in [0.4, 0.5) is 4.79 Å². The van der Waals surface area contributed by atoms with Gasteiger partial charge in [-0.15, -0.1) is 0 Å². The highest BCUT2D eigenvalue weighted by Gasteiger charge is 2.48. The van der Waals surface area contributed by atoms with E-state index in [0.29, 0.717) is 19.3 Å². The summed E-state index contributed by atoms with van der Waals surface area (Å²) in [5, 5.41) is 32.1. The minimum Gasteiger partial charge on any atom is -0.481 e. The number of carboxylic acid groups (broad SMARTS) is 1. The Hall–Kier alpha value is -5.01. The third-order valence-corrected chi connectivity index (χ3v) is 8.69. The number of hydrogen-bond acceptors (Lipinski definition) is 9. The standard InChI is InChI=1S/C31H38N10O7/c1-2-25(41(17-19-9-5-3-6-10-19)31(45)46-18-20-11-7-4-8-12-20)26-14-13-22(35-38-32)30(47-26)48-29-24(37-40-34)16-23(36-39-33)21(28(29)44)15-27(42)43/h3-12,21-26,28-30,44H,2,13-18H2,1H3,(H,42,43)/t21-,22+,23+,24-,25?,26?,28-,29+,30+/m0/s1. The second kappa shape index (κ2) is 17.8. The Kier molecular flexibility index (Phi) is 13.3. The van der Waals surface area contributed by atoms with Crippen molar-refractivity contribution in [1.82, 2.24) is 4.90 Å². The molecule has 4 rings (SSSR count). The number of carbonyl (C=O) groups excluding carboxylic acids is 1. The van der Waals surface area contributed by atoms with E-state index in [1.807, 2.05) is 67.6 Å². The second-order valence-electron chi connectivity index (χ2n) is 11.7. The number of benzene rings is 2. The summed E-state index contributed by atoms with van der Waals surface area (Å²) in [5.74, 6) is -2.29. The molecule has 1 amide bonds. The lowest BCUT2D eigenvalue weighted by Gasteiger charge is -2.46. The molecule has 1 heterocycles. The van der Waals surface area contributed by atoms with E-state index in [1.165, 1.54) is 0 Å². The average molecular weight is 663 g/mol. The van der Waals surface area contributed by atoms with Crippen LogP contribution in [0, 0.1) is 5.92 Å². The molecule has 2 fully saturated rings. The van der Waals surface area contributed by atoms with Gasteiger partial charge in [-0.1, -0.05) is 82.9 Å². The van der Waals surface area contributed by atoms with Crippen LogP contribution in [-0.4, -0.2) is 75.9 Å². The fraction of sp³-hybridized carbons (Fsp3) is 0.548. The van der Waals surface area contributed by atoms with E-state index < -0.39 is 73.2 Å². The second-order valence-corrected chi connectivity index (χ2v) is 11.7. The number of carbonyl (C=O) groups is 2. The number of amides is 1. The average Bonchev–Trinajstić information content (AvgIpc) is 3.09.